The minimum absolute atomic E-state index is 0.0258. The van der Waals surface area contributed by atoms with Gasteiger partial charge in [0.2, 0.25) is 0 Å². The maximum Gasteiger partial charge on any atom is 0.153 e. The molecule has 0 unspecified atom stereocenters. The molecule has 0 amide bonds. The van der Waals surface area contributed by atoms with Crippen LogP contribution in [0.25, 0.3) is 22.5 Å². The third-order valence-electron chi connectivity index (χ3n) is 6.29. The van der Waals surface area contributed by atoms with E-state index in [1.54, 1.807) is 41.6 Å². The minimum atomic E-state index is -0.990. The van der Waals surface area contributed by atoms with E-state index in [0.29, 0.717) is 16.8 Å². The summed E-state index contributed by atoms with van der Waals surface area (Å²) in [6.45, 7) is 5.57. The van der Waals surface area contributed by atoms with Gasteiger partial charge in [0.05, 0.1) is 35.1 Å². The molecule has 0 bridgehead atoms. The third-order valence-corrected chi connectivity index (χ3v) is 6.29. The van der Waals surface area contributed by atoms with E-state index in [0.717, 1.165) is 28.3 Å². The molecule has 0 aromatic carbocycles. The van der Waals surface area contributed by atoms with Gasteiger partial charge in [-0.2, -0.15) is 15.5 Å². The average Bonchev–Trinajstić information content (AvgIpc) is 3.61. The zero-order valence-corrected chi connectivity index (χ0v) is 21.6. The molecule has 0 aliphatic carbocycles. The summed E-state index contributed by atoms with van der Waals surface area (Å²) in [6, 6.07) is 13.8. The van der Waals surface area contributed by atoms with Crippen molar-refractivity contribution < 1.29 is 9.84 Å². The first-order valence-electron chi connectivity index (χ1n) is 12.2. The molecule has 0 fully saturated rings. The van der Waals surface area contributed by atoms with E-state index in [9.17, 15) is 10.4 Å². The SMILES string of the molecule is C[C@@H](c1ccc(-n2cccn2)nc1)N(C)c1ccc(-c2cc(OCC(C)(C)O)cn3ncc(C#N)c23)cn1. The smallest absolute Gasteiger partial charge is 0.153 e. The van der Waals surface area contributed by atoms with Crippen molar-refractivity contribution in [3.8, 4) is 28.8 Å². The van der Waals surface area contributed by atoms with Crippen molar-refractivity contribution in [2.75, 3.05) is 18.6 Å². The first-order valence-corrected chi connectivity index (χ1v) is 12.2. The Labute approximate surface area is 220 Å². The Morgan fingerprint density at radius 2 is 1.97 bits per heavy atom. The van der Waals surface area contributed by atoms with Crippen LogP contribution < -0.4 is 9.64 Å². The summed E-state index contributed by atoms with van der Waals surface area (Å²) in [7, 11) is 1.99. The van der Waals surface area contributed by atoms with Crippen LogP contribution in [0.5, 0.6) is 5.75 Å². The molecule has 0 saturated carbocycles. The molecule has 1 N–H and O–H groups in total. The molecule has 0 saturated heterocycles. The van der Waals surface area contributed by atoms with Gasteiger partial charge in [0.1, 0.15) is 24.2 Å². The van der Waals surface area contributed by atoms with E-state index in [4.69, 9.17) is 9.72 Å². The lowest BCUT2D eigenvalue weighted by Gasteiger charge is -2.26. The van der Waals surface area contributed by atoms with Crippen LogP contribution in [0.4, 0.5) is 5.82 Å². The molecule has 1 atom stereocenters. The van der Waals surface area contributed by atoms with Gasteiger partial charge >= 0.3 is 0 Å². The van der Waals surface area contributed by atoms with Gasteiger partial charge in [-0.1, -0.05) is 6.07 Å². The summed E-state index contributed by atoms with van der Waals surface area (Å²) in [5, 5.41) is 28.2. The molecule has 0 aliphatic rings. The predicted octanol–water partition coefficient (Wildman–Crippen LogP) is 4.20. The Morgan fingerprint density at radius 1 is 1.13 bits per heavy atom. The summed E-state index contributed by atoms with van der Waals surface area (Å²) in [5.74, 6) is 2.08. The second kappa shape index (κ2) is 9.95. The van der Waals surface area contributed by atoms with Gasteiger partial charge in [-0.15, -0.1) is 0 Å². The molecular weight excluding hydrogens is 480 g/mol. The minimum Gasteiger partial charge on any atom is -0.489 e. The van der Waals surface area contributed by atoms with Crippen LogP contribution in [-0.2, 0) is 0 Å². The van der Waals surface area contributed by atoms with Gasteiger partial charge in [0, 0.05) is 43.0 Å². The molecule has 5 rings (SSSR count). The van der Waals surface area contributed by atoms with Crippen molar-refractivity contribution in [1.82, 2.24) is 29.4 Å². The Morgan fingerprint density at radius 3 is 2.61 bits per heavy atom. The topological polar surface area (TPSA) is 117 Å². The van der Waals surface area contributed by atoms with Crippen LogP contribution in [0.1, 0.15) is 37.9 Å². The molecule has 5 aromatic rings. The Hall–Kier alpha value is -4.75. The predicted molar refractivity (Wildman–Crippen MR) is 143 cm³/mol. The fraction of sp³-hybridized carbons (Fsp3) is 0.250. The monoisotopic (exact) mass is 508 g/mol. The summed E-state index contributed by atoms with van der Waals surface area (Å²) in [6.07, 6.45) is 10.4. The highest BCUT2D eigenvalue weighted by Gasteiger charge is 2.18. The maximum atomic E-state index is 10.1. The summed E-state index contributed by atoms with van der Waals surface area (Å²) < 4.78 is 9.17. The molecule has 0 aliphatic heterocycles. The van der Waals surface area contributed by atoms with Crippen LogP contribution in [0.2, 0.25) is 0 Å². The molecule has 10 nitrogen and oxygen atoms in total. The van der Waals surface area contributed by atoms with Gasteiger partial charge in [0.15, 0.2) is 5.82 Å². The zero-order valence-electron chi connectivity index (χ0n) is 21.6. The Balaban J connectivity index is 1.41. The molecule has 192 valence electrons. The molecule has 5 heterocycles. The van der Waals surface area contributed by atoms with Crippen molar-refractivity contribution in [1.29, 1.82) is 5.26 Å². The van der Waals surface area contributed by atoms with Crippen LogP contribution >= 0.6 is 0 Å². The molecule has 0 radical (unpaired) electrons. The van der Waals surface area contributed by atoms with Crippen molar-refractivity contribution in [3.05, 3.63) is 84.7 Å². The standard InChI is InChI=1S/C28H28N8O2/c1-19(20-6-9-26(31-14-20)35-11-5-10-32-35)34(4)25-8-7-21(15-30-25)24-12-23(38-18-28(2,3)37)17-36-27(24)22(13-29)16-33-36/h5-12,14-17,19,37H,18H2,1-4H3/t19-/m0/s1. The van der Waals surface area contributed by atoms with Gasteiger partial charge in [-0.3, -0.25) is 0 Å². The quantitative estimate of drug-likeness (QED) is 0.331. The average molecular weight is 509 g/mol. The van der Waals surface area contributed by atoms with Crippen LogP contribution in [0.3, 0.4) is 0 Å². The number of fused-ring (bicyclic) bond motifs is 1. The van der Waals surface area contributed by atoms with E-state index in [1.807, 2.05) is 55.8 Å². The molecule has 5 aromatic heterocycles. The Bertz CT molecular complexity index is 1580. The second-order valence-electron chi connectivity index (χ2n) is 9.75. The van der Waals surface area contributed by atoms with Gasteiger partial charge in [-0.25, -0.2) is 19.2 Å². The number of pyridine rings is 3. The van der Waals surface area contributed by atoms with Crippen LogP contribution in [0, 0.1) is 11.3 Å². The van der Waals surface area contributed by atoms with Crippen molar-refractivity contribution in [2.45, 2.75) is 32.4 Å². The number of aliphatic hydroxyl groups is 1. The van der Waals surface area contributed by atoms with Crippen LogP contribution in [0.15, 0.2) is 73.6 Å². The van der Waals surface area contributed by atoms with Crippen LogP contribution in [-0.4, -0.2) is 53.7 Å². The number of ether oxygens (including phenoxy) is 1. The first kappa shape index (κ1) is 24.9. The Kier molecular flexibility index (Phi) is 6.53. The summed E-state index contributed by atoms with van der Waals surface area (Å²) in [4.78, 5) is 11.3. The van der Waals surface area contributed by atoms with E-state index >= 15 is 0 Å². The summed E-state index contributed by atoms with van der Waals surface area (Å²) >= 11 is 0. The van der Waals surface area contributed by atoms with Gasteiger partial charge in [-0.05, 0) is 56.7 Å². The second-order valence-corrected chi connectivity index (χ2v) is 9.75. The van der Waals surface area contributed by atoms with Gasteiger partial charge in [0.25, 0.3) is 0 Å². The lowest BCUT2D eigenvalue weighted by molar-refractivity contribution is 0.0283. The van der Waals surface area contributed by atoms with E-state index in [1.165, 1.54) is 6.20 Å². The van der Waals surface area contributed by atoms with E-state index in [-0.39, 0.29) is 12.6 Å². The molecule has 10 heteroatoms. The highest BCUT2D eigenvalue weighted by Crippen LogP contribution is 2.32. The summed E-state index contributed by atoms with van der Waals surface area (Å²) in [5.41, 5.74) is 2.76. The number of rotatable bonds is 8. The highest BCUT2D eigenvalue weighted by atomic mass is 16.5. The number of hydrogen-bond acceptors (Lipinski definition) is 8. The van der Waals surface area contributed by atoms with Crippen molar-refractivity contribution >= 4 is 11.3 Å². The van der Waals surface area contributed by atoms with Crippen molar-refractivity contribution in [3.63, 3.8) is 0 Å². The maximum absolute atomic E-state index is 10.1. The number of aromatic nitrogens is 6. The van der Waals surface area contributed by atoms with E-state index < -0.39 is 5.60 Å². The van der Waals surface area contributed by atoms with Crippen molar-refractivity contribution in [2.24, 2.45) is 0 Å². The third kappa shape index (κ3) is 5.05. The number of hydrogen-bond donors (Lipinski definition) is 1. The molecular formula is C28H28N8O2. The number of nitrogens with zero attached hydrogens (tertiary/aromatic N) is 8. The normalized spacial score (nSPS) is 12.3. The number of nitriles is 1. The lowest BCUT2D eigenvalue weighted by atomic mass is 10.0. The molecule has 0 spiro atoms. The first-order chi connectivity index (χ1) is 18.2. The lowest BCUT2D eigenvalue weighted by Crippen LogP contribution is -2.27. The number of anilines is 1. The fourth-order valence-electron chi connectivity index (χ4n) is 4.10. The highest BCUT2D eigenvalue weighted by molar-refractivity contribution is 5.85. The zero-order chi connectivity index (χ0) is 26.9. The van der Waals surface area contributed by atoms with Gasteiger partial charge < -0.3 is 14.7 Å². The molecule has 38 heavy (non-hydrogen) atoms. The fourth-order valence-corrected chi connectivity index (χ4v) is 4.10. The largest absolute Gasteiger partial charge is 0.489 e. The van der Waals surface area contributed by atoms with E-state index in [2.05, 4.69) is 33.1 Å².